The molecule has 0 saturated carbocycles. The number of benzene rings is 4. The molecule has 45 heavy (non-hydrogen) atoms. The number of sulfonamides is 2. The van der Waals surface area contributed by atoms with Gasteiger partial charge in [-0.1, -0.05) is 60.7 Å². The summed E-state index contributed by atoms with van der Waals surface area (Å²) in [6.07, 6.45) is 5.16. The van der Waals surface area contributed by atoms with E-state index in [0.29, 0.717) is 30.6 Å². The van der Waals surface area contributed by atoms with E-state index in [1.165, 1.54) is 24.3 Å². The van der Waals surface area contributed by atoms with Gasteiger partial charge in [-0.15, -0.1) is 13.2 Å². The molecule has 4 aromatic carbocycles. The Hall–Kier alpha value is -5.20. The second kappa shape index (κ2) is 14.5. The number of rotatable bonds is 12. The summed E-state index contributed by atoms with van der Waals surface area (Å²) in [4.78, 5) is 24.6. The molecule has 0 aliphatic carbocycles. The average Bonchev–Trinajstić information content (AvgIpc) is 2.99. The van der Waals surface area contributed by atoms with E-state index < -0.39 is 32.1 Å². The van der Waals surface area contributed by atoms with Crippen molar-refractivity contribution in [3.05, 3.63) is 145 Å². The number of carbonyl (C=O) groups excluding carboxylic acids is 2. The van der Waals surface area contributed by atoms with Crippen molar-refractivity contribution in [2.24, 2.45) is 0 Å². The van der Waals surface area contributed by atoms with Crippen LogP contribution in [-0.4, -0.2) is 28.9 Å². The zero-order valence-corrected chi connectivity index (χ0v) is 25.8. The summed E-state index contributed by atoms with van der Waals surface area (Å²) < 4.78 is 54.2. The lowest BCUT2D eigenvalue weighted by Gasteiger charge is -2.11. The van der Waals surface area contributed by atoms with Gasteiger partial charge in [-0.2, -0.15) is 0 Å². The second-order valence-electron chi connectivity index (χ2n) is 9.96. The van der Waals surface area contributed by atoms with Crippen LogP contribution in [0.3, 0.4) is 0 Å². The van der Waals surface area contributed by atoms with Gasteiger partial charge in [-0.05, 0) is 90.0 Å². The molecule has 0 spiro atoms. The molecule has 0 aliphatic rings. The van der Waals surface area contributed by atoms with E-state index in [2.05, 4.69) is 23.8 Å². The van der Waals surface area contributed by atoms with Gasteiger partial charge in [0.05, 0.1) is 9.79 Å². The van der Waals surface area contributed by atoms with E-state index in [1.807, 2.05) is 9.44 Å². The summed E-state index contributed by atoms with van der Waals surface area (Å²) in [6, 6.07) is 24.3. The van der Waals surface area contributed by atoms with Crippen molar-refractivity contribution in [1.29, 1.82) is 0 Å². The van der Waals surface area contributed by atoms with E-state index in [1.54, 1.807) is 84.9 Å². The van der Waals surface area contributed by atoms with Gasteiger partial charge in [0.2, 0.25) is 0 Å². The summed E-state index contributed by atoms with van der Waals surface area (Å²) >= 11 is 0. The zero-order chi connectivity index (χ0) is 32.5. The summed E-state index contributed by atoms with van der Waals surface area (Å²) in [5.41, 5.74) is 4.44. The first-order valence-corrected chi connectivity index (χ1v) is 16.7. The number of amides is 4. The number of hydrogen-bond acceptors (Lipinski definition) is 6. The predicted octanol–water partition coefficient (Wildman–Crippen LogP) is 5.76. The Labute approximate surface area is 263 Å². The second-order valence-corrected chi connectivity index (χ2v) is 13.3. The Morgan fingerprint density at radius 3 is 1.13 bits per heavy atom. The van der Waals surface area contributed by atoms with Crippen molar-refractivity contribution in [3.8, 4) is 0 Å². The summed E-state index contributed by atoms with van der Waals surface area (Å²) in [6.45, 7) is 7.30. The third-order valence-electron chi connectivity index (χ3n) is 6.51. The minimum atomic E-state index is -4.05. The zero-order valence-electron chi connectivity index (χ0n) is 24.2. The van der Waals surface area contributed by atoms with Gasteiger partial charge in [0, 0.05) is 11.4 Å². The summed E-state index contributed by atoms with van der Waals surface area (Å²) in [5.74, 6) is 0. The molecule has 0 fully saturated rings. The molecule has 0 unspecified atom stereocenters. The highest BCUT2D eigenvalue weighted by atomic mass is 32.2. The molecular formula is C33H32N4O6S2. The van der Waals surface area contributed by atoms with Crippen LogP contribution >= 0.6 is 0 Å². The maximum atomic E-state index is 12.5. The fourth-order valence-electron chi connectivity index (χ4n) is 4.27. The normalized spacial score (nSPS) is 11.2. The van der Waals surface area contributed by atoms with Gasteiger partial charge >= 0.3 is 12.1 Å². The van der Waals surface area contributed by atoms with Crippen LogP contribution in [0.15, 0.2) is 132 Å². The van der Waals surface area contributed by atoms with E-state index in [-0.39, 0.29) is 9.79 Å². The van der Waals surface area contributed by atoms with Crippen molar-refractivity contribution >= 4 is 43.5 Å². The van der Waals surface area contributed by atoms with E-state index in [0.717, 1.165) is 22.3 Å². The van der Waals surface area contributed by atoms with Crippen molar-refractivity contribution in [2.75, 3.05) is 10.6 Å². The molecule has 0 heterocycles. The van der Waals surface area contributed by atoms with Crippen LogP contribution in [0.2, 0.25) is 0 Å². The number of nitrogens with one attached hydrogen (secondary N) is 4. The molecule has 0 aliphatic heterocycles. The molecule has 232 valence electrons. The van der Waals surface area contributed by atoms with Crippen LogP contribution in [0.4, 0.5) is 21.0 Å². The standard InChI is InChI=1S/C33H32N4O6S2/c1-3-5-24-11-19-30(20-12-24)44(40,41)36-32(38)34-28-15-7-26(8-16-28)23-27-9-17-29(18-10-27)35-33(39)37-45(42,43)31-21-13-25(6-4-2)14-22-31/h3-4,7-22H,1-2,5-6,23H2,(H2,34,36,38)(H2,35,37,39). The molecule has 0 saturated heterocycles. The van der Waals surface area contributed by atoms with E-state index in [4.69, 9.17) is 0 Å². The lowest BCUT2D eigenvalue weighted by molar-refractivity contribution is 0.255. The molecule has 0 atom stereocenters. The van der Waals surface area contributed by atoms with Crippen LogP contribution in [0.1, 0.15) is 22.3 Å². The van der Waals surface area contributed by atoms with E-state index in [9.17, 15) is 26.4 Å². The molecule has 4 amide bonds. The monoisotopic (exact) mass is 644 g/mol. The third-order valence-corrected chi connectivity index (χ3v) is 9.21. The smallest absolute Gasteiger partial charge is 0.307 e. The van der Waals surface area contributed by atoms with Crippen LogP contribution < -0.4 is 20.1 Å². The highest BCUT2D eigenvalue weighted by Gasteiger charge is 2.19. The lowest BCUT2D eigenvalue weighted by Crippen LogP contribution is -2.34. The summed E-state index contributed by atoms with van der Waals surface area (Å²) in [7, 11) is -8.09. The maximum absolute atomic E-state index is 12.5. The first-order valence-electron chi connectivity index (χ1n) is 13.7. The first kappa shape index (κ1) is 32.7. The number of hydrogen-bond donors (Lipinski definition) is 4. The van der Waals surface area contributed by atoms with Gasteiger partial charge in [0.1, 0.15) is 0 Å². The number of allylic oxidation sites excluding steroid dienone is 2. The minimum absolute atomic E-state index is 0.0296. The predicted molar refractivity (Wildman–Crippen MR) is 175 cm³/mol. The molecule has 0 bridgehead atoms. The highest BCUT2D eigenvalue weighted by Crippen LogP contribution is 2.18. The number of urea groups is 2. The Morgan fingerprint density at radius 2 is 0.822 bits per heavy atom. The first-order chi connectivity index (χ1) is 21.5. The Morgan fingerprint density at radius 1 is 0.511 bits per heavy atom. The lowest BCUT2D eigenvalue weighted by atomic mass is 10.0. The minimum Gasteiger partial charge on any atom is -0.307 e. The molecule has 4 aromatic rings. The van der Waals surface area contributed by atoms with Gasteiger partial charge in [-0.25, -0.2) is 35.9 Å². The molecule has 12 heteroatoms. The van der Waals surface area contributed by atoms with Gasteiger partial charge in [0.25, 0.3) is 20.0 Å². The fourth-order valence-corrected chi connectivity index (χ4v) is 6.08. The van der Waals surface area contributed by atoms with Crippen LogP contribution in [0.5, 0.6) is 0 Å². The molecule has 0 radical (unpaired) electrons. The SMILES string of the molecule is C=CCc1ccc(S(=O)(=O)NC(=O)Nc2ccc(Cc3ccc(NC(=O)NS(=O)(=O)c4ccc(CC=C)cc4)cc3)cc2)cc1. The van der Waals surface area contributed by atoms with Crippen LogP contribution in [0, 0.1) is 0 Å². The quantitative estimate of drug-likeness (QED) is 0.144. The molecule has 4 rings (SSSR count). The Kier molecular flexibility index (Phi) is 10.6. The number of anilines is 2. The molecule has 0 aromatic heterocycles. The number of carbonyl (C=O) groups is 2. The Balaban J connectivity index is 1.27. The third kappa shape index (κ3) is 9.39. The van der Waals surface area contributed by atoms with Crippen molar-refractivity contribution in [1.82, 2.24) is 9.44 Å². The largest absolute Gasteiger partial charge is 0.333 e. The molecule has 10 nitrogen and oxygen atoms in total. The molecular weight excluding hydrogens is 613 g/mol. The van der Waals surface area contributed by atoms with Crippen molar-refractivity contribution < 1.29 is 26.4 Å². The van der Waals surface area contributed by atoms with Crippen LogP contribution in [0.25, 0.3) is 0 Å². The topological polar surface area (TPSA) is 151 Å². The van der Waals surface area contributed by atoms with Crippen LogP contribution in [-0.2, 0) is 39.3 Å². The van der Waals surface area contributed by atoms with E-state index >= 15 is 0 Å². The van der Waals surface area contributed by atoms with Crippen molar-refractivity contribution in [3.63, 3.8) is 0 Å². The average molecular weight is 645 g/mol. The fraction of sp³-hybridized carbons (Fsp3) is 0.0909. The van der Waals surface area contributed by atoms with Crippen molar-refractivity contribution in [2.45, 2.75) is 29.1 Å². The van der Waals surface area contributed by atoms with Gasteiger partial charge < -0.3 is 10.6 Å². The van der Waals surface area contributed by atoms with Gasteiger partial charge in [-0.3, -0.25) is 0 Å². The molecule has 4 N–H and O–H groups in total. The summed E-state index contributed by atoms with van der Waals surface area (Å²) in [5, 5.41) is 5.03. The Bertz CT molecular complexity index is 1750. The maximum Gasteiger partial charge on any atom is 0.333 e. The van der Waals surface area contributed by atoms with Gasteiger partial charge in [0.15, 0.2) is 0 Å². The highest BCUT2D eigenvalue weighted by molar-refractivity contribution is 7.90.